The Balaban J connectivity index is 2.05. The minimum atomic E-state index is -0.338. The normalized spacial score (nSPS) is 10.6. The Labute approximate surface area is 131 Å². The van der Waals surface area contributed by atoms with E-state index < -0.39 is 0 Å². The third kappa shape index (κ3) is 3.96. The van der Waals surface area contributed by atoms with E-state index in [4.69, 9.17) is 21.1 Å². The van der Waals surface area contributed by atoms with Crippen LogP contribution in [0.5, 0.6) is 11.5 Å². The van der Waals surface area contributed by atoms with Gasteiger partial charge in [0.15, 0.2) is 11.5 Å². The Bertz CT molecular complexity index is 670. The van der Waals surface area contributed by atoms with Crippen molar-refractivity contribution in [3.63, 3.8) is 0 Å². The molecular formula is C14H13ClN2O3S. The zero-order chi connectivity index (χ0) is 15.2. The lowest BCUT2D eigenvalue weighted by atomic mass is 10.2. The number of benzene rings is 1. The maximum atomic E-state index is 12.0. The Hall–Kier alpha value is -2.05. The van der Waals surface area contributed by atoms with E-state index in [9.17, 15) is 4.79 Å². The highest BCUT2D eigenvalue weighted by Gasteiger charge is 2.09. The van der Waals surface area contributed by atoms with Gasteiger partial charge in [0.25, 0.3) is 5.91 Å². The fraction of sp³-hybridized carbons (Fsp3) is 0.143. The number of thiophene rings is 1. The summed E-state index contributed by atoms with van der Waals surface area (Å²) in [5.41, 5.74) is 2.87. The maximum Gasteiger partial charge on any atom is 0.271 e. The first kappa shape index (κ1) is 15.3. The first-order valence-electron chi connectivity index (χ1n) is 5.95. The molecule has 2 rings (SSSR count). The molecule has 5 nitrogen and oxygen atoms in total. The van der Waals surface area contributed by atoms with Crippen LogP contribution in [0.3, 0.4) is 0 Å². The van der Waals surface area contributed by atoms with Crippen molar-refractivity contribution in [3.8, 4) is 11.5 Å². The molecule has 1 N–H and O–H groups in total. The smallest absolute Gasteiger partial charge is 0.271 e. The standard InChI is InChI=1S/C14H13ClN2O3S/c1-19-11-5-3-9(7-12(11)20-2)14(18)17-16-8-10-4-6-13(15)21-10/h3-8H,1-2H3,(H,17,18)/b16-8+. The van der Waals surface area contributed by atoms with Crippen molar-refractivity contribution in [2.24, 2.45) is 5.10 Å². The van der Waals surface area contributed by atoms with Gasteiger partial charge in [-0.1, -0.05) is 11.6 Å². The molecule has 7 heteroatoms. The van der Waals surface area contributed by atoms with Crippen molar-refractivity contribution >= 4 is 35.1 Å². The molecular weight excluding hydrogens is 312 g/mol. The summed E-state index contributed by atoms with van der Waals surface area (Å²) in [5, 5.41) is 3.88. The zero-order valence-corrected chi connectivity index (χ0v) is 13.0. The first-order chi connectivity index (χ1) is 10.1. The molecule has 0 saturated carbocycles. The van der Waals surface area contributed by atoms with Crippen LogP contribution < -0.4 is 14.9 Å². The summed E-state index contributed by atoms with van der Waals surface area (Å²) in [5.74, 6) is 0.708. The predicted molar refractivity (Wildman–Crippen MR) is 83.9 cm³/mol. The molecule has 2 aromatic rings. The number of nitrogens with one attached hydrogen (secondary N) is 1. The van der Waals surface area contributed by atoms with Gasteiger partial charge < -0.3 is 9.47 Å². The molecule has 0 fully saturated rings. The molecule has 0 aliphatic rings. The van der Waals surface area contributed by atoms with Gasteiger partial charge in [-0.05, 0) is 30.3 Å². The lowest BCUT2D eigenvalue weighted by Crippen LogP contribution is -2.17. The van der Waals surface area contributed by atoms with Crippen LogP contribution in [0, 0.1) is 0 Å². The molecule has 1 aromatic carbocycles. The van der Waals surface area contributed by atoms with Gasteiger partial charge in [-0.25, -0.2) is 5.43 Å². The maximum absolute atomic E-state index is 12.0. The lowest BCUT2D eigenvalue weighted by Gasteiger charge is -2.08. The molecule has 0 radical (unpaired) electrons. The summed E-state index contributed by atoms with van der Waals surface area (Å²) < 4.78 is 10.9. The molecule has 0 aliphatic heterocycles. The van der Waals surface area contributed by atoms with Crippen molar-refractivity contribution in [2.45, 2.75) is 0 Å². The summed E-state index contributed by atoms with van der Waals surface area (Å²) in [7, 11) is 3.05. The van der Waals surface area contributed by atoms with Gasteiger partial charge in [-0.2, -0.15) is 5.10 Å². The lowest BCUT2D eigenvalue weighted by molar-refractivity contribution is 0.0954. The molecule has 0 spiro atoms. The molecule has 0 aliphatic carbocycles. The molecule has 0 atom stereocenters. The molecule has 1 aromatic heterocycles. The number of amides is 1. The number of carbonyl (C=O) groups is 1. The molecule has 110 valence electrons. The molecule has 1 heterocycles. The fourth-order valence-corrected chi connectivity index (χ4v) is 2.53. The van der Waals surface area contributed by atoms with Crippen LogP contribution in [-0.2, 0) is 0 Å². The van der Waals surface area contributed by atoms with E-state index in [2.05, 4.69) is 10.5 Å². The van der Waals surface area contributed by atoms with Gasteiger partial charge >= 0.3 is 0 Å². The van der Waals surface area contributed by atoms with Crippen molar-refractivity contribution in [1.82, 2.24) is 5.43 Å². The van der Waals surface area contributed by atoms with Crippen LogP contribution in [0.4, 0.5) is 0 Å². The topological polar surface area (TPSA) is 59.9 Å². The number of halogens is 1. The highest BCUT2D eigenvalue weighted by Crippen LogP contribution is 2.27. The average Bonchev–Trinajstić information content (AvgIpc) is 2.91. The highest BCUT2D eigenvalue weighted by molar-refractivity contribution is 7.17. The van der Waals surface area contributed by atoms with Crippen LogP contribution in [0.1, 0.15) is 15.2 Å². The van der Waals surface area contributed by atoms with E-state index in [0.717, 1.165) is 4.88 Å². The second-order valence-electron chi connectivity index (χ2n) is 3.91. The third-order valence-corrected chi connectivity index (χ3v) is 3.76. The van der Waals surface area contributed by atoms with Gasteiger partial charge in [-0.15, -0.1) is 11.3 Å². The first-order valence-corrected chi connectivity index (χ1v) is 7.14. The van der Waals surface area contributed by atoms with Crippen LogP contribution in [0.25, 0.3) is 0 Å². The zero-order valence-electron chi connectivity index (χ0n) is 11.4. The number of carbonyl (C=O) groups excluding carboxylic acids is 1. The Kier molecular flexibility index (Phi) is 5.19. The van der Waals surface area contributed by atoms with E-state index in [1.54, 1.807) is 24.3 Å². The Morgan fingerprint density at radius 3 is 2.62 bits per heavy atom. The summed E-state index contributed by atoms with van der Waals surface area (Å²) in [6.07, 6.45) is 1.54. The van der Waals surface area contributed by atoms with E-state index in [1.807, 2.05) is 6.07 Å². The van der Waals surface area contributed by atoms with Crippen LogP contribution >= 0.6 is 22.9 Å². The van der Waals surface area contributed by atoms with E-state index in [0.29, 0.717) is 21.4 Å². The van der Waals surface area contributed by atoms with Gasteiger partial charge in [0.05, 0.1) is 24.8 Å². The van der Waals surface area contributed by atoms with Crippen molar-refractivity contribution in [3.05, 3.63) is 45.1 Å². The minimum absolute atomic E-state index is 0.338. The average molecular weight is 325 g/mol. The van der Waals surface area contributed by atoms with Crippen molar-refractivity contribution in [1.29, 1.82) is 0 Å². The molecule has 0 unspecified atom stereocenters. The van der Waals surface area contributed by atoms with Crippen LogP contribution in [0.15, 0.2) is 35.4 Å². The fourth-order valence-electron chi connectivity index (χ4n) is 1.59. The number of hydrogen-bond donors (Lipinski definition) is 1. The second kappa shape index (κ2) is 7.10. The second-order valence-corrected chi connectivity index (χ2v) is 5.66. The van der Waals surface area contributed by atoms with Crippen molar-refractivity contribution in [2.75, 3.05) is 14.2 Å². The number of hydrogen-bond acceptors (Lipinski definition) is 5. The van der Waals surface area contributed by atoms with E-state index in [1.165, 1.54) is 31.8 Å². The summed E-state index contributed by atoms with van der Waals surface area (Å²) in [6, 6.07) is 8.47. The Morgan fingerprint density at radius 2 is 2.00 bits per heavy atom. The van der Waals surface area contributed by atoms with E-state index >= 15 is 0 Å². The minimum Gasteiger partial charge on any atom is -0.493 e. The molecule has 1 amide bonds. The molecule has 0 bridgehead atoms. The summed E-state index contributed by atoms with van der Waals surface area (Å²) in [6.45, 7) is 0. The monoisotopic (exact) mass is 324 g/mol. The predicted octanol–water partition coefficient (Wildman–Crippen LogP) is 3.18. The van der Waals surface area contributed by atoms with Crippen LogP contribution in [-0.4, -0.2) is 26.3 Å². The number of rotatable bonds is 5. The number of ether oxygens (including phenoxy) is 2. The van der Waals surface area contributed by atoms with Crippen LogP contribution in [0.2, 0.25) is 4.34 Å². The largest absolute Gasteiger partial charge is 0.493 e. The molecule has 0 saturated heterocycles. The Morgan fingerprint density at radius 1 is 1.24 bits per heavy atom. The van der Waals surface area contributed by atoms with Crippen molar-refractivity contribution < 1.29 is 14.3 Å². The number of hydrazone groups is 1. The SMILES string of the molecule is COc1ccc(C(=O)N/N=C/c2ccc(Cl)s2)cc1OC. The number of methoxy groups -OCH3 is 2. The quantitative estimate of drug-likeness (QED) is 0.678. The highest BCUT2D eigenvalue weighted by atomic mass is 35.5. The third-order valence-electron chi connectivity index (χ3n) is 2.60. The summed E-state index contributed by atoms with van der Waals surface area (Å²) >= 11 is 7.18. The molecule has 21 heavy (non-hydrogen) atoms. The van der Waals surface area contributed by atoms with Gasteiger partial charge in [0, 0.05) is 10.4 Å². The van der Waals surface area contributed by atoms with Gasteiger partial charge in [0.1, 0.15) is 0 Å². The van der Waals surface area contributed by atoms with Gasteiger partial charge in [0.2, 0.25) is 0 Å². The summed E-state index contributed by atoms with van der Waals surface area (Å²) in [4.78, 5) is 12.8. The number of nitrogens with zero attached hydrogens (tertiary/aromatic N) is 1. The van der Waals surface area contributed by atoms with Gasteiger partial charge in [-0.3, -0.25) is 4.79 Å². The van der Waals surface area contributed by atoms with E-state index in [-0.39, 0.29) is 5.91 Å².